The van der Waals surface area contributed by atoms with Crippen molar-refractivity contribution >= 4 is 17.8 Å². The Balaban J connectivity index is 1.49. The third kappa shape index (κ3) is 9.76. The molecule has 0 spiro atoms. The van der Waals surface area contributed by atoms with Gasteiger partial charge in [0, 0.05) is 6.54 Å². The standard InChI is InChI=1S/C35H46FNO3/c1-2-3-4-5-6-7-8-9-10-11-12-13-14-18-26-37-33(29-22-19-23-30(36)27-29)32(34(39)35(37)40)31(38)25-24-28-20-16-15-17-21-28/h15-17,19-25,27,33,39H,2-14,18,26H2,1H3/b25-24+. The average molecular weight is 548 g/mol. The van der Waals surface area contributed by atoms with Crippen molar-refractivity contribution in [3.8, 4) is 0 Å². The molecule has 1 heterocycles. The molecule has 2 aromatic rings. The van der Waals surface area contributed by atoms with Crippen molar-refractivity contribution in [3.63, 3.8) is 0 Å². The Labute approximate surface area is 240 Å². The van der Waals surface area contributed by atoms with Gasteiger partial charge in [0.05, 0.1) is 11.6 Å². The number of rotatable bonds is 19. The molecule has 1 atom stereocenters. The van der Waals surface area contributed by atoms with Crippen LogP contribution in [0.25, 0.3) is 6.08 Å². The Morgan fingerprint density at radius 3 is 1.98 bits per heavy atom. The van der Waals surface area contributed by atoms with E-state index in [1.54, 1.807) is 18.2 Å². The second kappa shape index (κ2) is 17.5. The summed E-state index contributed by atoms with van der Waals surface area (Å²) in [7, 11) is 0. The summed E-state index contributed by atoms with van der Waals surface area (Å²) in [6, 6.07) is 14.5. The molecule has 0 saturated carbocycles. The minimum absolute atomic E-state index is 0.00754. The minimum atomic E-state index is -0.807. The summed E-state index contributed by atoms with van der Waals surface area (Å²) < 4.78 is 14.1. The lowest BCUT2D eigenvalue weighted by molar-refractivity contribution is -0.129. The third-order valence-electron chi connectivity index (χ3n) is 7.71. The van der Waals surface area contributed by atoms with Crippen molar-refractivity contribution in [3.05, 3.63) is 88.9 Å². The average Bonchev–Trinajstić information content (AvgIpc) is 3.22. The molecule has 0 fully saturated rings. The summed E-state index contributed by atoms with van der Waals surface area (Å²) in [5.41, 5.74) is 1.33. The van der Waals surface area contributed by atoms with E-state index in [4.69, 9.17) is 0 Å². The summed E-state index contributed by atoms with van der Waals surface area (Å²) in [6.45, 7) is 2.66. The number of aliphatic hydroxyl groups excluding tert-OH is 1. The van der Waals surface area contributed by atoms with E-state index in [0.717, 1.165) is 24.8 Å². The predicted octanol–water partition coefficient (Wildman–Crippen LogP) is 9.28. The number of hydrogen-bond donors (Lipinski definition) is 1. The fourth-order valence-corrected chi connectivity index (χ4v) is 5.46. The second-order valence-corrected chi connectivity index (χ2v) is 10.9. The minimum Gasteiger partial charge on any atom is -0.503 e. The van der Waals surface area contributed by atoms with Crippen molar-refractivity contribution in [2.24, 2.45) is 0 Å². The first kappa shape index (κ1) is 31.3. The quantitative estimate of drug-likeness (QED) is 0.141. The first-order valence-electron chi connectivity index (χ1n) is 15.3. The van der Waals surface area contributed by atoms with Crippen molar-refractivity contribution in [1.82, 2.24) is 4.90 Å². The summed E-state index contributed by atoms with van der Waals surface area (Å²) >= 11 is 0. The first-order valence-corrected chi connectivity index (χ1v) is 15.3. The number of hydrogen-bond acceptors (Lipinski definition) is 3. The molecule has 0 radical (unpaired) electrons. The molecule has 216 valence electrons. The number of amides is 1. The van der Waals surface area contributed by atoms with Gasteiger partial charge in [0.15, 0.2) is 11.5 Å². The fraction of sp³-hybridized carbons (Fsp3) is 0.486. The molecule has 40 heavy (non-hydrogen) atoms. The van der Waals surface area contributed by atoms with Crippen LogP contribution in [0.5, 0.6) is 0 Å². The smallest absolute Gasteiger partial charge is 0.290 e. The first-order chi connectivity index (χ1) is 19.5. The molecular weight excluding hydrogens is 501 g/mol. The lowest BCUT2D eigenvalue weighted by Crippen LogP contribution is -2.32. The van der Waals surface area contributed by atoms with Gasteiger partial charge in [0.2, 0.25) is 0 Å². The predicted molar refractivity (Wildman–Crippen MR) is 161 cm³/mol. The summed E-state index contributed by atoms with van der Waals surface area (Å²) in [5.74, 6) is -2.01. The van der Waals surface area contributed by atoms with Gasteiger partial charge >= 0.3 is 0 Å². The largest absolute Gasteiger partial charge is 0.503 e. The Morgan fingerprint density at radius 1 is 0.825 bits per heavy atom. The lowest BCUT2D eigenvalue weighted by atomic mass is 9.95. The molecule has 0 bridgehead atoms. The fourth-order valence-electron chi connectivity index (χ4n) is 5.46. The Kier molecular flexibility index (Phi) is 13.7. The highest BCUT2D eigenvalue weighted by Crippen LogP contribution is 2.38. The van der Waals surface area contributed by atoms with Gasteiger partial charge in [-0.2, -0.15) is 0 Å². The second-order valence-electron chi connectivity index (χ2n) is 10.9. The molecule has 1 aliphatic heterocycles. The molecule has 0 saturated heterocycles. The number of carbonyl (C=O) groups is 2. The van der Waals surface area contributed by atoms with E-state index in [9.17, 15) is 19.1 Å². The molecule has 0 aromatic heterocycles. The third-order valence-corrected chi connectivity index (χ3v) is 7.71. The Bertz CT molecular complexity index is 1120. The molecule has 1 unspecified atom stereocenters. The van der Waals surface area contributed by atoms with Gasteiger partial charge in [0.1, 0.15) is 5.82 Å². The van der Waals surface area contributed by atoms with Crippen LogP contribution in [0, 0.1) is 5.82 Å². The monoisotopic (exact) mass is 547 g/mol. The van der Waals surface area contributed by atoms with Gasteiger partial charge in [-0.05, 0) is 35.8 Å². The van der Waals surface area contributed by atoms with Crippen LogP contribution in [0.15, 0.2) is 72.0 Å². The SMILES string of the molecule is CCCCCCCCCCCCCCCCN1C(=O)C(O)=C(C(=O)/C=C/c2ccccc2)C1c1cccc(F)c1. The highest BCUT2D eigenvalue weighted by atomic mass is 19.1. The van der Waals surface area contributed by atoms with Gasteiger partial charge in [0.25, 0.3) is 5.91 Å². The summed E-state index contributed by atoms with van der Waals surface area (Å²) in [5, 5.41) is 10.8. The zero-order valence-electron chi connectivity index (χ0n) is 24.1. The normalized spacial score (nSPS) is 15.5. The van der Waals surface area contributed by atoms with E-state index in [-0.39, 0.29) is 5.57 Å². The van der Waals surface area contributed by atoms with Crippen molar-refractivity contribution in [1.29, 1.82) is 0 Å². The van der Waals surface area contributed by atoms with Crippen molar-refractivity contribution in [2.45, 2.75) is 103 Å². The maximum absolute atomic E-state index is 14.1. The number of aliphatic hydroxyl groups is 1. The lowest BCUT2D eigenvalue weighted by Gasteiger charge is -2.26. The van der Waals surface area contributed by atoms with Crippen LogP contribution in [-0.4, -0.2) is 28.2 Å². The van der Waals surface area contributed by atoms with Crippen molar-refractivity contribution in [2.75, 3.05) is 6.54 Å². The zero-order chi connectivity index (χ0) is 28.6. The maximum atomic E-state index is 14.1. The number of nitrogens with zero attached hydrogens (tertiary/aromatic N) is 1. The Hall–Kier alpha value is -3.21. The molecule has 5 heteroatoms. The molecule has 1 N–H and O–H groups in total. The van der Waals surface area contributed by atoms with Crippen LogP contribution >= 0.6 is 0 Å². The topological polar surface area (TPSA) is 57.6 Å². The zero-order valence-corrected chi connectivity index (χ0v) is 24.1. The number of carbonyl (C=O) groups excluding carboxylic acids is 2. The van der Waals surface area contributed by atoms with E-state index in [1.165, 1.54) is 93.7 Å². The van der Waals surface area contributed by atoms with Crippen LogP contribution in [0.4, 0.5) is 4.39 Å². The molecular formula is C35H46FNO3. The van der Waals surface area contributed by atoms with Gasteiger partial charge < -0.3 is 10.0 Å². The van der Waals surface area contributed by atoms with E-state index in [0.29, 0.717) is 12.1 Å². The number of allylic oxidation sites excluding steroid dienone is 1. The maximum Gasteiger partial charge on any atom is 0.290 e. The van der Waals surface area contributed by atoms with Crippen LogP contribution in [0.2, 0.25) is 0 Å². The molecule has 1 aliphatic rings. The van der Waals surface area contributed by atoms with E-state index >= 15 is 0 Å². The van der Waals surface area contributed by atoms with Crippen LogP contribution in [0.1, 0.15) is 114 Å². The summed E-state index contributed by atoms with van der Waals surface area (Å²) in [6.07, 6.45) is 20.3. The van der Waals surface area contributed by atoms with Gasteiger partial charge in [-0.1, -0.05) is 139 Å². The van der Waals surface area contributed by atoms with Crippen LogP contribution < -0.4 is 0 Å². The van der Waals surface area contributed by atoms with Gasteiger partial charge in [-0.25, -0.2) is 4.39 Å². The highest BCUT2D eigenvalue weighted by Gasteiger charge is 2.42. The molecule has 2 aromatic carbocycles. The van der Waals surface area contributed by atoms with E-state index in [2.05, 4.69) is 6.92 Å². The van der Waals surface area contributed by atoms with E-state index < -0.39 is 29.3 Å². The van der Waals surface area contributed by atoms with Crippen molar-refractivity contribution < 1.29 is 19.1 Å². The molecule has 4 nitrogen and oxygen atoms in total. The summed E-state index contributed by atoms with van der Waals surface area (Å²) in [4.78, 5) is 27.8. The van der Waals surface area contributed by atoms with Crippen LogP contribution in [0.3, 0.4) is 0 Å². The highest BCUT2D eigenvalue weighted by molar-refractivity contribution is 6.14. The molecule has 1 amide bonds. The molecule has 3 rings (SSSR count). The number of halogens is 1. The van der Waals surface area contributed by atoms with Gasteiger partial charge in [-0.3, -0.25) is 9.59 Å². The van der Waals surface area contributed by atoms with Crippen LogP contribution in [-0.2, 0) is 9.59 Å². The molecule has 0 aliphatic carbocycles. The van der Waals surface area contributed by atoms with E-state index in [1.807, 2.05) is 30.3 Å². The number of unbranched alkanes of at least 4 members (excludes halogenated alkanes) is 13. The Morgan fingerprint density at radius 2 is 1.40 bits per heavy atom. The number of benzene rings is 2. The number of ketones is 1. The van der Waals surface area contributed by atoms with Gasteiger partial charge in [-0.15, -0.1) is 0 Å².